The van der Waals surface area contributed by atoms with Gasteiger partial charge in [0.15, 0.2) is 0 Å². The molecule has 0 aliphatic carbocycles. The fraction of sp³-hybridized carbons (Fsp3) is 0.529. The summed E-state index contributed by atoms with van der Waals surface area (Å²) in [6.45, 7) is 2.46. The maximum atomic E-state index is 12.2. The third-order valence-electron chi connectivity index (χ3n) is 4.19. The zero-order chi connectivity index (χ0) is 19.1. The van der Waals surface area contributed by atoms with Crippen molar-refractivity contribution in [3.8, 4) is 0 Å². The molecule has 2 unspecified atom stereocenters. The molecule has 8 nitrogen and oxygen atoms in total. The summed E-state index contributed by atoms with van der Waals surface area (Å²) in [6, 6.07) is 7.10. The van der Waals surface area contributed by atoms with Crippen LogP contribution >= 0.6 is 25.7 Å². The molecule has 152 valence electrons. The van der Waals surface area contributed by atoms with Crippen molar-refractivity contribution in [1.29, 1.82) is 0 Å². The van der Waals surface area contributed by atoms with E-state index in [4.69, 9.17) is 14.1 Å². The Morgan fingerprint density at radius 3 is 2.70 bits per heavy atom. The molecule has 2 rings (SSSR count). The summed E-state index contributed by atoms with van der Waals surface area (Å²) in [5.74, 6) is -0.588. The van der Waals surface area contributed by atoms with Gasteiger partial charge in [0.1, 0.15) is 12.1 Å². The van der Waals surface area contributed by atoms with E-state index in [2.05, 4.69) is 6.92 Å². The van der Waals surface area contributed by atoms with Crippen molar-refractivity contribution in [2.75, 3.05) is 25.6 Å². The van der Waals surface area contributed by atoms with E-state index in [1.54, 1.807) is 21.7 Å². The average molecular weight is 418 g/mol. The highest BCUT2D eigenvalue weighted by atomic mass is 32.2. The molecule has 1 aliphatic rings. The monoisotopic (exact) mass is 417 g/mol. The summed E-state index contributed by atoms with van der Waals surface area (Å²) in [4.78, 5) is 25.7. The number of rotatable bonds is 9. The maximum Gasteiger partial charge on any atom is 0.414 e. The van der Waals surface area contributed by atoms with Crippen molar-refractivity contribution in [3.63, 3.8) is 0 Å². The highest BCUT2D eigenvalue weighted by Gasteiger charge is 2.37. The Labute approximate surface area is 170 Å². The number of benzene rings is 1. The Bertz CT molecular complexity index is 617. The van der Waals surface area contributed by atoms with Crippen molar-refractivity contribution in [1.82, 2.24) is 9.79 Å². The van der Waals surface area contributed by atoms with Gasteiger partial charge >= 0.3 is 6.09 Å². The topological polar surface area (TPSA) is 91.3 Å². The van der Waals surface area contributed by atoms with E-state index in [9.17, 15) is 9.59 Å². The number of hydrogen-bond donors (Lipinski definition) is 2. The number of likely N-dealkylation sites (N-methyl/N-ethyl adjacent to an activating group) is 1. The Balaban J connectivity index is 0.00000364. The standard InChI is InChI=1S/C17H25N3O5S.H2S/c1-4-5-12-6-8-13(9-7-12)20-11-14(25-17(20)22)10-15(16(21)18-23)19(2)26-24-3;/h6-9,14-15,23H,4-5,10-11H2,1-3H3,(H,18,21);1H2. The molecule has 27 heavy (non-hydrogen) atoms. The van der Waals surface area contributed by atoms with Gasteiger partial charge in [0, 0.05) is 19.2 Å². The van der Waals surface area contributed by atoms with Crippen molar-refractivity contribution in [2.45, 2.75) is 38.3 Å². The van der Waals surface area contributed by atoms with Crippen LogP contribution in [-0.2, 0) is 20.1 Å². The molecular formula is C17H27N3O5S2. The van der Waals surface area contributed by atoms with Gasteiger partial charge in [-0.05, 0) is 24.1 Å². The summed E-state index contributed by atoms with van der Waals surface area (Å²) in [5.41, 5.74) is 3.63. The van der Waals surface area contributed by atoms with Crippen LogP contribution in [0, 0.1) is 0 Å². The lowest BCUT2D eigenvalue weighted by molar-refractivity contribution is -0.133. The van der Waals surface area contributed by atoms with Crippen LogP contribution < -0.4 is 10.4 Å². The average Bonchev–Trinajstić information content (AvgIpc) is 3.00. The van der Waals surface area contributed by atoms with Crippen LogP contribution in [0.5, 0.6) is 0 Å². The summed E-state index contributed by atoms with van der Waals surface area (Å²) in [6.07, 6.45) is 1.38. The molecule has 2 N–H and O–H groups in total. The van der Waals surface area contributed by atoms with Gasteiger partial charge < -0.3 is 8.92 Å². The second kappa shape index (κ2) is 11.4. The van der Waals surface area contributed by atoms with Crippen LogP contribution in [0.2, 0.25) is 0 Å². The third-order valence-corrected chi connectivity index (χ3v) is 4.83. The first-order valence-corrected chi connectivity index (χ1v) is 9.14. The third kappa shape index (κ3) is 6.28. The maximum absolute atomic E-state index is 12.2. The number of hydrogen-bond acceptors (Lipinski definition) is 7. The molecule has 0 bridgehead atoms. The van der Waals surface area contributed by atoms with E-state index in [0.717, 1.165) is 30.8 Å². The lowest BCUT2D eigenvalue weighted by Crippen LogP contribution is -2.44. The normalized spacial score (nSPS) is 17.4. The van der Waals surface area contributed by atoms with Gasteiger partial charge in [0.25, 0.3) is 5.91 Å². The van der Waals surface area contributed by atoms with Crippen LogP contribution in [0.25, 0.3) is 0 Å². The van der Waals surface area contributed by atoms with Crippen molar-refractivity contribution >= 4 is 43.4 Å². The molecule has 0 saturated carbocycles. The highest BCUT2D eigenvalue weighted by Crippen LogP contribution is 2.26. The zero-order valence-electron chi connectivity index (χ0n) is 15.7. The van der Waals surface area contributed by atoms with E-state index in [0.29, 0.717) is 6.54 Å². The smallest absolute Gasteiger partial charge is 0.414 e. The summed E-state index contributed by atoms with van der Waals surface area (Å²) < 4.78 is 11.9. The number of carbonyl (C=O) groups excluding carboxylic acids is 2. The van der Waals surface area contributed by atoms with Crippen molar-refractivity contribution in [2.24, 2.45) is 0 Å². The first kappa shape index (κ1) is 23.6. The molecule has 2 amide bonds. The van der Waals surface area contributed by atoms with Crippen LogP contribution in [0.1, 0.15) is 25.3 Å². The second-order valence-corrected chi connectivity index (χ2v) is 7.11. The highest BCUT2D eigenvalue weighted by molar-refractivity contribution is 7.92. The number of cyclic esters (lactones) is 1. The number of aryl methyl sites for hydroxylation is 1. The predicted molar refractivity (Wildman–Crippen MR) is 109 cm³/mol. The molecule has 0 aromatic heterocycles. The van der Waals surface area contributed by atoms with E-state index >= 15 is 0 Å². The van der Waals surface area contributed by atoms with Gasteiger partial charge in [-0.1, -0.05) is 25.5 Å². The van der Waals surface area contributed by atoms with Gasteiger partial charge in [-0.15, -0.1) is 0 Å². The Morgan fingerprint density at radius 2 is 2.15 bits per heavy atom. The van der Waals surface area contributed by atoms with Crippen molar-refractivity contribution < 1.29 is 23.7 Å². The van der Waals surface area contributed by atoms with Crippen LogP contribution in [0.15, 0.2) is 24.3 Å². The van der Waals surface area contributed by atoms with Gasteiger partial charge in [0.05, 0.1) is 25.9 Å². The molecule has 1 heterocycles. The van der Waals surface area contributed by atoms with Crippen LogP contribution in [0.3, 0.4) is 0 Å². The number of nitrogens with one attached hydrogen (secondary N) is 1. The molecule has 10 heteroatoms. The number of hydroxylamine groups is 1. The number of amides is 2. The minimum Gasteiger partial charge on any atom is -0.444 e. The Hall–Kier alpha value is -1.46. The summed E-state index contributed by atoms with van der Waals surface area (Å²) in [5, 5.41) is 8.95. The van der Waals surface area contributed by atoms with E-state index in [-0.39, 0.29) is 19.9 Å². The van der Waals surface area contributed by atoms with Gasteiger partial charge in [0.2, 0.25) is 0 Å². The van der Waals surface area contributed by atoms with Crippen LogP contribution in [0.4, 0.5) is 10.5 Å². The molecule has 2 atom stereocenters. The molecule has 1 fully saturated rings. The summed E-state index contributed by atoms with van der Waals surface area (Å²) in [7, 11) is 3.14. The predicted octanol–water partition coefficient (Wildman–Crippen LogP) is 2.48. The largest absolute Gasteiger partial charge is 0.444 e. The number of carbonyl (C=O) groups is 2. The minimum absolute atomic E-state index is 0. The second-order valence-electron chi connectivity index (χ2n) is 6.05. The molecule has 1 aliphatic heterocycles. The summed E-state index contributed by atoms with van der Waals surface area (Å²) >= 11 is 0.978. The number of anilines is 1. The van der Waals surface area contributed by atoms with E-state index in [1.807, 2.05) is 24.3 Å². The van der Waals surface area contributed by atoms with Gasteiger partial charge in [-0.3, -0.25) is 14.9 Å². The van der Waals surface area contributed by atoms with Crippen LogP contribution in [-0.4, -0.2) is 54.4 Å². The molecule has 1 aromatic carbocycles. The molecule has 0 radical (unpaired) electrons. The quantitative estimate of drug-likeness (QED) is 0.276. The van der Waals surface area contributed by atoms with Gasteiger partial charge in [-0.2, -0.15) is 13.5 Å². The lowest BCUT2D eigenvalue weighted by atomic mass is 10.1. The first-order chi connectivity index (χ1) is 12.5. The molecular weight excluding hydrogens is 390 g/mol. The minimum atomic E-state index is -0.713. The lowest BCUT2D eigenvalue weighted by Gasteiger charge is -2.25. The molecule has 0 spiro atoms. The number of nitrogens with zero attached hydrogens (tertiary/aromatic N) is 2. The first-order valence-electron chi connectivity index (χ1n) is 8.44. The zero-order valence-corrected chi connectivity index (χ0v) is 17.5. The van der Waals surface area contributed by atoms with Gasteiger partial charge in [-0.25, -0.2) is 14.6 Å². The van der Waals surface area contributed by atoms with Crippen molar-refractivity contribution in [3.05, 3.63) is 29.8 Å². The number of ether oxygens (including phenoxy) is 1. The Kier molecular flexibility index (Phi) is 9.95. The molecule has 1 saturated heterocycles. The van der Waals surface area contributed by atoms with E-state index in [1.165, 1.54) is 12.7 Å². The fourth-order valence-electron chi connectivity index (χ4n) is 2.90. The van der Waals surface area contributed by atoms with E-state index < -0.39 is 24.1 Å². The fourth-order valence-corrected chi connectivity index (χ4v) is 3.42. The SMILES string of the molecule is CCCc1ccc(N2CC(CC(C(=O)NO)N(C)SOC)OC2=O)cc1.S. The Morgan fingerprint density at radius 1 is 1.48 bits per heavy atom. The molecule has 1 aromatic rings.